The number of nitrogen functional groups attached to an aromatic ring is 1. The lowest BCUT2D eigenvalue weighted by Gasteiger charge is -2.35. The van der Waals surface area contributed by atoms with Crippen LogP contribution in [0.25, 0.3) is 0 Å². The predicted octanol–water partition coefficient (Wildman–Crippen LogP) is 3.02. The number of piperidine rings is 1. The molecule has 1 aromatic rings. The van der Waals surface area contributed by atoms with E-state index in [2.05, 4.69) is 18.7 Å². The molecule has 2 rings (SSSR count). The van der Waals surface area contributed by atoms with Crippen LogP contribution in [0.2, 0.25) is 0 Å². The number of nitrogens with zero attached hydrogens (tertiary/aromatic N) is 1. The lowest BCUT2D eigenvalue weighted by Crippen LogP contribution is -2.39. The predicted molar refractivity (Wildman–Crippen MR) is 80.4 cm³/mol. The van der Waals surface area contributed by atoms with Crippen LogP contribution < -0.4 is 10.5 Å². The molecule has 0 radical (unpaired) electrons. The zero-order valence-electron chi connectivity index (χ0n) is 12.1. The van der Waals surface area contributed by atoms with Crippen LogP contribution >= 0.6 is 0 Å². The van der Waals surface area contributed by atoms with Crippen molar-refractivity contribution in [2.24, 2.45) is 11.8 Å². The van der Waals surface area contributed by atoms with E-state index in [1.165, 1.54) is 19.5 Å². The molecular formula is C16H26N2O. The third-order valence-corrected chi connectivity index (χ3v) is 4.21. The van der Waals surface area contributed by atoms with Crippen molar-refractivity contribution in [3.63, 3.8) is 0 Å². The molecule has 0 bridgehead atoms. The first kappa shape index (κ1) is 14.2. The van der Waals surface area contributed by atoms with E-state index >= 15 is 0 Å². The molecule has 3 heteroatoms. The van der Waals surface area contributed by atoms with Crippen molar-refractivity contribution in [1.82, 2.24) is 4.90 Å². The molecule has 0 spiro atoms. The van der Waals surface area contributed by atoms with Crippen molar-refractivity contribution in [2.45, 2.75) is 26.7 Å². The summed E-state index contributed by atoms with van der Waals surface area (Å²) in [4.78, 5) is 2.56. The summed E-state index contributed by atoms with van der Waals surface area (Å²) < 4.78 is 5.72. The second kappa shape index (κ2) is 6.80. The van der Waals surface area contributed by atoms with E-state index in [-0.39, 0.29) is 0 Å². The van der Waals surface area contributed by atoms with Gasteiger partial charge in [0.2, 0.25) is 0 Å². The van der Waals surface area contributed by atoms with E-state index in [1.807, 2.05) is 24.3 Å². The largest absolute Gasteiger partial charge is 0.491 e. The highest BCUT2D eigenvalue weighted by atomic mass is 16.5. The normalized spacial score (nSPS) is 24.3. The van der Waals surface area contributed by atoms with Crippen LogP contribution in [0.15, 0.2) is 24.3 Å². The van der Waals surface area contributed by atoms with Crippen molar-refractivity contribution in [3.8, 4) is 5.75 Å². The van der Waals surface area contributed by atoms with Gasteiger partial charge in [-0.05, 0) is 43.4 Å². The van der Waals surface area contributed by atoms with Gasteiger partial charge in [0.05, 0.1) is 12.3 Å². The summed E-state index contributed by atoms with van der Waals surface area (Å²) >= 11 is 0. The van der Waals surface area contributed by atoms with E-state index in [1.54, 1.807) is 0 Å². The van der Waals surface area contributed by atoms with E-state index in [0.29, 0.717) is 0 Å². The van der Waals surface area contributed by atoms with Gasteiger partial charge in [-0.25, -0.2) is 0 Å². The number of hydrogen-bond donors (Lipinski definition) is 1. The lowest BCUT2D eigenvalue weighted by atomic mass is 9.89. The Kier molecular flexibility index (Phi) is 5.08. The minimum atomic E-state index is 0.725. The second-order valence-corrected chi connectivity index (χ2v) is 5.78. The van der Waals surface area contributed by atoms with Gasteiger partial charge in [0.1, 0.15) is 5.75 Å². The summed E-state index contributed by atoms with van der Waals surface area (Å²) in [6, 6.07) is 7.70. The Labute approximate surface area is 116 Å². The Hall–Kier alpha value is -1.22. The van der Waals surface area contributed by atoms with Crippen LogP contribution in [0.3, 0.4) is 0 Å². The van der Waals surface area contributed by atoms with Gasteiger partial charge in [-0.15, -0.1) is 0 Å². The Morgan fingerprint density at radius 2 is 2.05 bits per heavy atom. The zero-order chi connectivity index (χ0) is 13.7. The van der Waals surface area contributed by atoms with Crippen LogP contribution in [0.1, 0.15) is 26.7 Å². The third-order valence-electron chi connectivity index (χ3n) is 4.21. The van der Waals surface area contributed by atoms with Gasteiger partial charge in [0.25, 0.3) is 0 Å². The summed E-state index contributed by atoms with van der Waals surface area (Å²) in [6.45, 7) is 9.06. The van der Waals surface area contributed by atoms with Crippen molar-refractivity contribution >= 4 is 5.69 Å². The van der Waals surface area contributed by atoms with Crippen LogP contribution in [0.4, 0.5) is 5.69 Å². The number of rotatable bonds is 5. The molecule has 1 saturated heterocycles. The fraction of sp³-hybridized carbons (Fsp3) is 0.625. The molecule has 1 aliphatic rings. The molecular weight excluding hydrogens is 236 g/mol. The smallest absolute Gasteiger partial charge is 0.142 e. The fourth-order valence-corrected chi connectivity index (χ4v) is 2.63. The highest BCUT2D eigenvalue weighted by Crippen LogP contribution is 2.23. The maximum atomic E-state index is 5.84. The van der Waals surface area contributed by atoms with Crippen LogP contribution in [-0.2, 0) is 0 Å². The molecule has 1 fully saturated rings. The average Bonchev–Trinajstić information content (AvgIpc) is 2.40. The molecule has 0 saturated carbocycles. The van der Waals surface area contributed by atoms with Crippen LogP contribution in [0.5, 0.6) is 5.75 Å². The maximum absolute atomic E-state index is 5.84. The van der Waals surface area contributed by atoms with Crippen molar-refractivity contribution in [2.75, 3.05) is 32.0 Å². The van der Waals surface area contributed by atoms with Gasteiger partial charge < -0.3 is 15.4 Å². The summed E-state index contributed by atoms with van der Waals surface area (Å²) in [6.07, 6.45) is 2.39. The number of likely N-dealkylation sites (tertiary alicyclic amines) is 1. The summed E-state index contributed by atoms with van der Waals surface area (Å²) in [5.74, 6) is 2.50. The second-order valence-electron chi connectivity index (χ2n) is 5.78. The molecule has 1 aliphatic heterocycles. The minimum Gasteiger partial charge on any atom is -0.491 e. The summed E-state index contributed by atoms with van der Waals surface area (Å²) in [7, 11) is 0. The Morgan fingerprint density at radius 1 is 1.26 bits per heavy atom. The van der Waals surface area contributed by atoms with Gasteiger partial charge in [0, 0.05) is 13.1 Å². The van der Waals surface area contributed by atoms with Gasteiger partial charge >= 0.3 is 0 Å². The Balaban J connectivity index is 1.66. The molecule has 1 heterocycles. The average molecular weight is 262 g/mol. The first-order valence-electron chi connectivity index (χ1n) is 7.36. The van der Waals surface area contributed by atoms with E-state index in [0.717, 1.165) is 42.8 Å². The molecule has 106 valence electrons. The van der Waals surface area contributed by atoms with Gasteiger partial charge in [0.15, 0.2) is 0 Å². The number of hydrogen-bond acceptors (Lipinski definition) is 3. The quantitative estimate of drug-likeness (QED) is 0.655. The van der Waals surface area contributed by atoms with Crippen molar-refractivity contribution in [3.05, 3.63) is 24.3 Å². The van der Waals surface area contributed by atoms with Crippen molar-refractivity contribution in [1.29, 1.82) is 0 Å². The topological polar surface area (TPSA) is 38.5 Å². The van der Waals surface area contributed by atoms with E-state index < -0.39 is 0 Å². The van der Waals surface area contributed by atoms with Gasteiger partial charge in [-0.3, -0.25) is 0 Å². The Morgan fingerprint density at radius 3 is 2.79 bits per heavy atom. The number of para-hydroxylation sites is 2. The van der Waals surface area contributed by atoms with Crippen LogP contribution in [0, 0.1) is 11.8 Å². The first-order valence-corrected chi connectivity index (χ1v) is 7.36. The number of benzene rings is 1. The number of nitrogens with two attached hydrogens (primary N) is 1. The fourth-order valence-electron chi connectivity index (χ4n) is 2.63. The molecule has 3 nitrogen and oxygen atoms in total. The third kappa shape index (κ3) is 4.13. The first-order chi connectivity index (χ1) is 9.16. The number of anilines is 1. The molecule has 2 unspecified atom stereocenters. The highest BCUT2D eigenvalue weighted by Gasteiger charge is 2.21. The summed E-state index contributed by atoms with van der Waals surface area (Å²) in [5.41, 5.74) is 6.57. The highest BCUT2D eigenvalue weighted by molar-refractivity contribution is 5.51. The zero-order valence-corrected chi connectivity index (χ0v) is 12.1. The maximum Gasteiger partial charge on any atom is 0.142 e. The van der Waals surface area contributed by atoms with Gasteiger partial charge in [-0.1, -0.05) is 26.0 Å². The standard InChI is InChI=1S/C16H26N2O/c1-13-8-10-18(12-14(13)2)9-5-11-19-16-7-4-3-6-15(16)17/h3-4,6-7,13-14H,5,8-12,17H2,1-2H3. The Bertz CT molecular complexity index is 394. The molecule has 1 aromatic carbocycles. The van der Waals surface area contributed by atoms with Crippen LogP contribution in [-0.4, -0.2) is 31.1 Å². The molecule has 2 N–H and O–H groups in total. The van der Waals surface area contributed by atoms with E-state index in [9.17, 15) is 0 Å². The van der Waals surface area contributed by atoms with Gasteiger partial charge in [-0.2, -0.15) is 0 Å². The number of ether oxygens (including phenoxy) is 1. The minimum absolute atomic E-state index is 0.725. The molecule has 0 amide bonds. The molecule has 0 aromatic heterocycles. The molecule has 2 atom stereocenters. The molecule has 0 aliphatic carbocycles. The SMILES string of the molecule is CC1CCN(CCCOc2ccccc2N)CC1C. The molecule has 19 heavy (non-hydrogen) atoms. The van der Waals surface area contributed by atoms with E-state index in [4.69, 9.17) is 10.5 Å². The summed E-state index contributed by atoms with van der Waals surface area (Å²) in [5, 5.41) is 0. The monoisotopic (exact) mass is 262 g/mol. The lowest BCUT2D eigenvalue weighted by molar-refractivity contribution is 0.130. The van der Waals surface area contributed by atoms with Crippen molar-refractivity contribution < 1.29 is 4.74 Å².